The summed E-state index contributed by atoms with van der Waals surface area (Å²) < 4.78 is 0. The van der Waals surface area contributed by atoms with Gasteiger partial charge in [0.05, 0.1) is 0 Å². The van der Waals surface area contributed by atoms with Crippen molar-refractivity contribution in [1.29, 1.82) is 0 Å². The molecule has 0 spiro atoms. The summed E-state index contributed by atoms with van der Waals surface area (Å²) in [5, 5.41) is 12.3. The summed E-state index contributed by atoms with van der Waals surface area (Å²) in [6.07, 6.45) is 5.15. The van der Waals surface area contributed by atoms with Crippen LogP contribution in [0.4, 0.5) is 5.69 Å². The standard InChI is InChI=1S/C16H21NO2/c1-11-3-8-15(12(2)9-11)17-14-6-4-13(5-7-14)10-16(18)19/h3,8-10,14,17H,4-7H2,1-2H3,(H,18,19). The van der Waals surface area contributed by atoms with Gasteiger partial charge in [-0.3, -0.25) is 0 Å². The fourth-order valence-electron chi connectivity index (χ4n) is 2.65. The second-order valence-electron chi connectivity index (χ2n) is 5.38. The van der Waals surface area contributed by atoms with Gasteiger partial charge < -0.3 is 10.4 Å². The van der Waals surface area contributed by atoms with E-state index in [4.69, 9.17) is 5.11 Å². The van der Waals surface area contributed by atoms with Crippen molar-refractivity contribution in [2.24, 2.45) is 0 Å². The molecule has 0 amide bonds. The molecule has 2 rings (SSSR count). The van der Waals surface area contributed by atoms with Crippen LogP contribution in [0.1, 0.15) is 36.8 Å². The molecule has 2 N–H and O–H groups in total. The maximum Gasteiger partial charge on any atom is 0.328 e. The number of aryl methyl sites for hydroxylation is 2. The highest BCUT2D eigenvalue weighted by Crippen LogP contribution is 2.27. The Bertz CT molecular complexity index is 495. The van der Waals surface area contributed by atoms with E-state index in [1.165, 1.54) is 22.9 Å². The molecule has 0 aromatic heterocycles. The van der Waals surface area contributed by atoms with Crippen LogP contribution in [0.25, 0.3) is 0 Å². The van der Waals surface area contributed by atoms with Crippen LogP contribution in [0.15, 0.2) is 29.8 Å². The van der Waals surface area contributed by atoms with Gasteiger partial charge in [-0.25, -0.2) is 4.79 Å². The average molecular weight is 259 g/mol. The van der Waals surface area contributed by atoms with Crippen molar-refractivity contribution in [2.75, 3.05) is 5.32 Å². The zero-order valence-corrected chi connectivity index (χ0v) is 11.6. The van der Waals surface area contributed by atoms with E-state index in [1.54, 1.807) is 0 Å². The van der Waals surface area contributed by atoms with Gasteiger partial charge in [-0.05, 0) is 51.2 Å². The first-order chi connectivity index (χ1) is 9.04. The van der Waals surface area contributed by atoms with Crippen molar-refractivity contribution in [1.82, 2.24) is 0 Å². The number of carbonyl (C=O) groups is 1. The third-order valence-corrected chi connectivity index (χ3v) is 3.70. The Kier molecular flexibility index (Phi) is 4.25. The van der Waals surface area contributed by atoms with Gasteiger partial charge in [0.1, 0.15) is 0 Å². The zero-order chi connectivity index (χ0) is 13.8. The van der Waals surface area contributed by atoms with E-state index in [2.05, 4.69) is 37.4 Å². The molecule has 0 atom stereocenters. The molecule has 0 unspecified atom stereocenters. The molecule has 1 saturated carbocycles. The van der Waals surface area contributed by atoms with E-state index in [1.807, 2.05) is 0 Å². The topological polar surface area (TPSA) is 49.3 Å². The third-order valence-electron chi connectivity index (χ3n) is 3.70. The first-order valence-electron chi connectivity index (χ1n) is 6.81. The second-order valence-corrected chi connectivity index (χ2v) is 5.38. The third kappa shape index (κ3) is 3.85. The number of aliphatic carboxylic acids is 1. The van der Waals surface area contributed by atoms with Crippen LogP contribution in [-0.2, 0) is 4.79 Å². The van der Waals surface area contributed by atoms with E-state index in [0.29, 0.717) is 6.04 Å². The molecule has 19 heavy (non-hydrogen) atoms. The van der Waals surface area contributed by atoms with E-state index in [-0.39, 0.29) is 0 Å². The predicted molar refractivity (Wildman–Crippen MR) is 77.5 cm³/mol. The van der Waals surface area contributed by atoms with Crippen molar-refractivity contribution in [3.05, 3.63) is 41.0 Å². The minimum Gasteiger partial charge on any atom is -0.478 e. The van der Waals surface area contributed by atoms with E-state index in [0.717, 1.165) is 31.3 Å². The van der Waals surface area contributed by atoms with Gasteiger partial charge in [-0.1, -0.05) is 23.3 Å². The molecule has 1 fully saturated rings. The van der Waals surface area contributed by atoms with Gasteiger partial charge in [0.25, 0.3) is 0 Å². The maximum atomic E-state index is 10.6. The molecule has 102 valence electrons. The van der Waals surface area contributed by atoms with Crippen LogP contribution < -0.4 is 5.32 Å². The Morgan fingerprint density at radius 1 is 1.32 bits per heavy atom. The van der Waals surface area contributed by atoms with Crippen molar-refractivity contribution >= 4 is 11.7 Å². The van der Waals surface area contributed by atoms with E-state index >= 15 is 0 Å². The van der Waals surface area contributed by atoms with Crippen molar-refractivity contribution in [3.8, 4) is 0 Å². The highest BCUT2D eigenvalue weighted by Gasteiger charge is 2.17. The average Bonchev–Trinajstić information content (AvgIpc) is 2.34. The normalized spacial score (nSPS) is 19.1. The highest BCUT2D eigenvalue weighted by atomic mass is 16.4. The van der Waals surface area contributed by atoms with Gasteiger partial charge in [-0.2, -0.15) is 0 Å². The molecule has 3 heteroatoms. The molecule has 0 bridgehead atoms. The summed E-state index contributed by atoms with van der Waals surface area (Å²) >= 11 is 0. The lowest BCUT2D eigenvalue weighted by atomic mass is 9.90. The first kappa shape index (κ1) is 13.7. The van der Waals surface area contributed by atoms with Crippen LogP contribution in [0, 0.1) is 13.8 Å². The fourth-order valence-corrected chi connectivity index (χ4v) is 2.65. The van der Waals surface area contributed by atoms with E-state index < -0.39 is 5.97 Å². The number of carboxylic acid groups (broad SMARTS) is 1. The summed E-state index contributed by atoms with van der Waals surface area (Å²) in [5.41, 5.74) is 4.80. The van der Waals surface area contributed by atoms with Gasteiger partial charge in [0, 0.05) is 17.8 Å². The summed E-state index contributed by atoms with van der Waals surface area (Å²) in [5.74, 6) is -0.823. The van der Waals surface area contributed by atoms with Crippen LogP contribution >= 0.6 is 0 Å². The molecule has 1 aliphatic carbocycles. The lowest BCUT2D eigenvalue weighted by molar-refractivity contribution is -0.131. The number of nitrogens with one attached hydrogen (secondary N) is 1. The zero-order valence-electron chi connectivity index (χ0n) is 11.6. The predicted octanol–water partition coefficient (Wildman–Crippen LogP) is 3.67. The summed E-state index contributed by atoms with van der Waals surface area (Å²) in [7, 11) is 0. The Labute approximate surface area is 114 Å². The van der Waals surface area contributed by atoms with Crippen LogP contribution in [0.2, 0.25) is 0 Å². The van der Waals surface area contributed by atoms with Gasteiger partial charge in [0.2, 0.25) is 0 Å². The number of hydrogen-bond acceptors (Lipinski definition) is 2. The highest BCUT2D eigenvalue weighted by molar-refractivity contribution is 5.80. The molecule has 0 heterocycles. The Hall–Kier alpha value is -1.77. The molecule has 1 aliphatic rings. The summed E-state index contributed by atoms with van der Waals surface area (Å²) in [6, 6.07) is 6.88. The number of rotatable bonds is 3. The van der Waals surface area contributed by atoms with Crippen LogP contribution in [0.5, 0.6) is 0 Å². The quantitative estimate of drug-likeness (QED) is 0.814. The van der Waals surface area contributed by atoms with Crippen molar-refractivity contribution in [3.63, 3.8) is 0 Å². The molecule has 1 aromatic rings. The number of anilines is 1. The molecule has 0 aliphatic heterocycles. The van der Waals surface area contributed by atoms with Crippen molar-refractivity contribution < 1.29 is 9.90 Å². The van der Waals surface area contributed by atoms with Crippen LogP contribution in [-0.4, -0.2) is 17.1 Å². The molecular weight excluding hydrogens is 238 g/mol. The first-order valence-corrected chi connectivity index (χ1v) is 6.81. The molecule has 1 aromatic carbocycles. The minimum absolute atomic E-state index is 0.451. The molecule has 3 nitrogen and oxygen atoms in total. The summed E-state index contributed by atoms with van der Waals surface area (Å²) in [6.45, 7) is 4.22. The summed E-state index contributed by atoms with van der Waals surface area (Å²) in [4.78, 5) is 10.6. The van der Waals surface area contributed by atoms with Crippen LogP contribution in [0.3, 0.4) is 0 Å². The van der Waals surface area contributed by atoms with Gasteiger partial charge in [0.15, 0.2) is 0 Å². The maximum absolute atomic E-state index is 10.6. The lowest BCUT2D eigenvalue weighted by Crippen LogP contribution is -2.23. The fraction of sp³-hybridized carbons (Fsp3) is 0.438. The Morgan fingerprint density at radius 3 is 2.58 bits per heavy atom. The Balaban J connectivity index is 1.94. The molecular formula is C16H21NO2. The van der Waals surface area contributed by atoms with Crippen molar-refractivity contribution in [2.45, 2.75) is 45.6 Å². The number of hydrogen-bond donors (Lipinski definition) is 2. The SMILES string of the molecule is Cc1ccc(NC2CCC(=CC(=O)O)CC2)c(C)c1. The second kappa shape index (κ2) is 5.91. The number of benzene rings is 1. The minimum atomic E-state index is -0.823. The number of carboxylic acids is 1. The monoisotopic (exact) mass is 259 g/mol. The Morgan fingerprint density at radius 2 is 2.00 bits per heavy atom. The lowest BCUT2D eigenvalue weighted by Gasteiger charge is -2.26. The smallest absolute Gasteiger partial charge is 0.328 e. The number of allylic oxidation sites excluding steroid dienone is 1. The van der Waals surface area contributed by atoms with Gasteiger partial charge >= 0.3 is 5.97 Å². The van der Waals surface area contributed by atoms with Gasteiger partial charge in [-0.15, -0.1) is 0 Å². The largest absolute Gasteiger partial charge is 0.478 e. The molecule has 0 radical (unpaired) electrons. The van der Waals surface area contributed by atoms with E-state index in [9.17, 15) is 4.79 Å². The molecule has 0 saturated heterocycles.